The fourth-order valence-electron chi connectivity index (χ4n) is 3.40. The predicted molar refractivity (Wildman–Crippen MR) is 109 cm³/mol. The average molecular weight is 436 g/mol. The number of likely N-dealkylation sites (tertiary alicyclic amines) is 1. The van der Waals surface area contributed by atoms with Crippen molar-refractivity contribution in [3.8, 4) is 0 Å². The molecule has 1 atom stereocenters. The Morgan fingerprint density at radius 3 is 2.74 bits per heavy atom. The van der Waals surface area contributed by atoms with Crippen LogP contribution >= 0.6 is 15.9 Å². The Balaban J connectivity index is 1.69. The highest BCUT2D eigenvalue weighted by Crippen LogP contribution is 2.27. The first kappa shape index (κ1) is 19.7. The fourth-order valence-corrected chi connectivity index (χ4v) is 4.05. The summed E-state index contributed by atoms with van der Waals surface area (Å²) >= 11 is 3.54. The Bertz CT molecular complexity index is 869. The zero-order valence-electron chi connectivity index (χ0n) is 16.2. The van der Waals surface area contributed by atoms with Crippen LogP contribution in [0, 0.1) is 0 Å². The normalized spacial score (nSPS) is 17.8. The molecule has 1 saturated heterocycles. The lowest BCUT2D eigenvalue weighted by atomic mass is 10.0. The molecule has 3 rings (SSSR count). The van der Waals surface area contributed by atoms with Crippen LogP contribution in [0.4, 0.5) is 4.79 Å². The van der Waals surface area contributed by atoms with Crippen LogP contribution in [0.3, 0.4) is 0 Å². The number of hydrogen-bond acceptors (Lipinski definition) is 3. The molecule has 2 amide bonds. The molecule has 7 heteroatoms. The van der Waals surface area contributed by atoms with Crippen molar-refractivity contribution in [2.45, 2.75) is 45.3 Å². The monoisotopic (exact) mass is 435 g/mol. The molecule has 0 radical (unpaired) electrons. The van der Waals surface area contributed by atoms with Crippen molar-refractivity contribution in [2.75, 3.05) is 13.1 Å². The van der Waals surface area contributed by atoms with E-state index in [1.54, 1.807) is 0 Å². The topological polar surface area (TPSA) is 63.6 Å². The maximum Gasteiger partial charge on any atom is 0.407 e. The van der Waals surface area contributed by atoms with Crippen LogP contribution in [0.2, 0.25) is 0 Å². The third kappa shape index (κ3) is 4.64. The molecule has 1 aliphatic rings. The number of halogens is 1. The number of nitrogens with one attached hydrogen (secondary N) is 1. The van der Waals surface area contributed by atoms with Gasteiger partial charge in [0.05, 0.1) is 0 Å². The lowest BCUT2D eigenvalue weighted by molar-refractivity contribution is 0.0452. The molecular formula is C20H26BrN3O3. The van der Waals surface area contributed by atoms with Crippen LogP contribution in [0.1, 0.15) is 44.0 Å². The van der Waals surface area contributed by atoms with E-state index in [1.807, 2.05) is 61.7 Å². The van der Waals surface area contributed by atoms with Gasteiger partial charge in [-0.25, -0.2) is 4.79 Å². The number of aromatic nitrogens is 1. The van der Waals surface area contributed by atoms with Crippen LogP contribution in [0.25, 0.3) is 10.9 Å². The molecule has 0 saturated carbocycles. The molecule has 2 aromatic rings. The maximum absolute atomic E-state index is 13.0. The van der Waals surface area contributed by atoms with Gasteiger partial charge in [-0.15, -0.1) is 0 Å². The summed E-state index contributed by atoms with van der Waals surface area (Å²) < 4.78 is 8.34. The van der Waals surface area contributed by atoms with Gasteiger partial charge in [-0.2, -0.15) is 0 Å². The number of carbonyl (C=O) groups excluding carboxylic acids is 2. The summed E-state index contributed by atoms with van der Waals surface area (Å²) in [6.07, 6.45) is 3.24. The zero-order valence-corrected chi connectivity index (χ0v) is 17.8. The number of hydrogen-bond donors (Lipinski definition) is 1. The molecule has 6 nitrogen and oxygen atoms in total. The minimum absolute atomic E-state index is 0.00934. The summed E-state index contributed by atoms with van der Waals surface area (Å²) in [6.45, 7) is 6.69. The van der Waals surface area contributed by atoms with Crippen molar-refractivity contribution in [1.29, 1.82) is 0 Å². The Morgan fingerprint density at radius 2 is 2.04 bits per heavy atom. The van der Waals surface area contributed by atoms with E-state index in [4.69, 9.17) is 4.74 Å². The number of piperidine rings is 1. The van der Waals surface area contributed by atoms with E-state index in [-0.39, 0.29) is 11.9 Å². The summed E-state index contributed by atoms with van der Waals surface area (Å²) in [5.74, 6) is -0.00934. The number of aryl methyl sites for hydroxylation is 1. The number of nitrogens with zero attached hydrogens (tertiary/aromatic N) is 2. The smallest absolute Gasteiger partial charge is 0.407 e. The summed E-state index contributed by atoms with van der Waals surface area (Å²) in [6, 6.07) is 5.66. The molecule has 27 heavy (non-hydrogen) atoms. The van der Waals surface area contributed by atoms with Crippen molar-refractivity contribution < 1.29 is 14.3 Å². The molecule has 146 valence electrons. The van der Waals surface area contributed by atoms with Gasteiger partial charge in [0, 0.05) is 53.3 Å². The summed E-state index contributed by atoms with van der Waals surface area (Å²) in [5.41, 5.74) is 1.13. The minimum Gasteiger partial charge on any atom is -0.444 e. The Kier molecular flexibility index (Phi) is 5.51. The number of alkyl carbamates (subject to hydrolysis) is 1. The minimum atomic E-state index is -0.535. The summed E-state index contributed by atoms with van der Waals surface area (Å²) in [7, 11) is 1.96. The number of rotatable bonds is 2. The first-order chi connectivity index (χ1) is 12.6. The quantitative estimate of drug-likeness (QED) is 0.772. The Labute approximate surface area is 168 Å². The Morgan fingerprint density at radius 1 is 1.30 bits per heavy atom. The highest BCUT2D eigenvalue weighted by atomic mass is 79.9. The molecule has 1 N–H and O–H groups in total. The van der Waals surface area contributed by atoms with Crippen LogP contribution in [0.5, 0.6) is 0 Å². The number of carbonyl (C=O) groups is 2. The van der Waals surface area contributed by atoms with Gasteiger partial charge in [0.1, 0.15) is 5.60 Å². The number of benzene rings is 1. The van der Waals surface area contributed by atoms with Gasteiger partial charge in [0.25, 0.3) is 5.91 Å². The number of amides is 2. The second-order valence-corrected chi connectivity index (χ2v) is 8.91. The second-order valence-electron chi connectivity index (χ2n) is 8.06. The first-order valence-electron chi connectivity index (χ1n) is 9.17. The van der Waals surface area contributed by atoms with E-state index in [1.165, 1.54) is 0 Å². The van der Waals surface area contributed by atoms with Crippen molar-refractivity contribution in [3.63, 3.8) is 0 Å². The lowest BCUT2D eigenvalue weighted by Crippen LogP contribution is -2.50. The first-order valence-corrected chi connectivity index (χ1v) is 9.97. The third-order valence-electron chi connectivity index (χ3n) is 4.62. The second kappa shape index (κ2) is 7.54. The average Bonchev–Trinajstić information content (AvgIpc) is 2.86. The SMILES string of the molecule is Cn1cc(Br)c2ccc(C(=O)N3CCCC(NC(=O)OC(C)(C)C)C3)cc21. The molecular weight excluding hydrogens is 410 g/mol. The van der Waals surface area contributed by atoms with Crippen molar-refractivity contribution in [3.05, 3.63) is 34.4 Å². The zero-order chi connectivity index (χ0) is 19.8. The summed E-state index contributed by atoms with van der Waals surface area (Å²) in [4.78, 5) is 26.8. The van der Waals surface area contributed by atoms with Gasteiger partial charge in [-0.05, 0) is 61.7 Å². The standard InChI is InChI=1S/C20H26BrN3O3/c1-20(2,3)27-19(26)22-14-6-5-9-24(11-14)18(25)13-7-8-15-16(21)12-23(4)17(15)10-13/h7-8,10,12,14H,5-6,9,11H2,1-4H3,(H,22,26). The van der Waals surface area contributed by atoms with Gasteiger partial charge in [0.2, 0.25) is 0 Å². The molecule has 0 aliphatic carbocycles. The molecule has 2 heterocycles. The largest absolute Gasteiger partial charge is 0.444 e. The Hall–Kier alpha value is -2.02. The van der Waals surface area contributed by atoms with Crippen LogP contribution in [0.15, 0.2) is 28.9 Å². The van der Waals surface area contributed by atoms with E-state index >= 15 is 0 Å². The number of ether oxygens (including phenoxy) is 1. The number of fused-ring (bicyclic) bond motifs is 1. The van der Waals surface area contributed by atoms with Gasteiger partial charge < -0.3 is 19.5 Å². The van der Waals surface area contributed by atoms with Crippen LogP contribution in [-0.4, -0.2) is 46.2 Å². The van der Waals surface area contributed by atoms with Gasteiger partial charge in [-0.3, -0.25) is 4.79 Å². The van der Waals surface area contributed by atoms with Crippen LogP contribution in [-0.2, 0) is 11.8 Å². The molecule has 0 bridgehead atoms. The van der Waals surface area contributed by atoms with E-state index < -0.39 is 11.7 Å². The predicted octanol–water partition coefficient (Wildman–Crippen LogP) is 4.07. The van der Waals surface area contributed by atoms with E-state index in [0.29, 0.717) is 18.7 Å². The van der Waals surface area contributed by atoms with Crippen molar-refractivity contribution in [1.82, 2.24) is 14.8 Å². The van der Waals surface area contributed by atoms with E-state index in [2.05, 4.69) is 21.2 Å². The van der Waals surface area contributed by atoms with Crippen molar-refractivity contribution in [2.24, 2.45) is 7.05 Å². The molecule has 0 spiro atoms. The summed E-state index contributed by atoms with van der Waals surface area (Å²) in [5, 5.41) is 3.97. The lowest BCUT2D eigenvalue weighted by Gasteiger charge is -2.33. The molecule has 1 aromatic carbocycles. The highest BCUT2D eigenvalue weighted by Gasteiger charge is 2.27. The van der Waals surface area contributed by atoms with Crippen LogP contribution < -0.4 is 5.32 Å². The van der Waals surface area contributed by atoms with Gasteiger partial charge >= 0.3 is 6.09 Å². The third-order valence-corrected chi connectivity index (χ3v) is 5.25. The fraction of sp³-hybridized carbons (Fsp3) is 0.500. The molecule has 1 aliphatic heterocycles. The van der Waals surface area contributed by atoms with Gasteiger partial charge in [-0.1, -0.05) is 6.07 Å². The van der Waals surface area contributed by atoms with Crippen molar-refractivity contribution >= 4 is 38.8 Å². The maximum atomic E-state index is 13.0. The van der Waals surface area contributed by atoms with E-state index in [0.717, 1.165) is 28.2 Å². The highest BCUT2D eigenvalue weighted by molar-refractivity contribution is 9.10. The molecule has 1 fully saturated rings. The van der Waals surface area contributed by atoms with Gasteiger partial charge in [0.15, 0.2) is 0 Å². The molecule has 1 unspecified atom stereocenters. The van der Waals surface area contributed by atoms with E-state index in [9.17, 15) is 9.59 Å². The molecule has 1 aromatic heterocycles.